The number of aryl methyl sites for hydroxylation is 2. The molecule has 3 heterocycles. The highest BCUT2D eigenvalue weighted by Gasteiger charge is 2.21. The summed E-state index contributed by atoms with van der Waals surface area (Å²) >= 11 is 0. The Bertz CT molecular complexity index is 662. The molecule has 2 aromatic heterocycles. The normalized spacial score (nSPS) is 15.6. The molecule has 7 nitrogen and oxygen atoms in total. The lowest BCUT2D eigenvalue weighted by Gasteiger charge is -2.28. The molecule has 7 heteroatoms. The van der Waals surface area contributed by atoms with E-state index in [9.17, 15) is 4.79 Å². The van der Waals surface area contributed by atoms with E-state index in [0.717, 1.165) is 42.8 Å². The minimum absolute atomic E-state index is 0.0120. The Morgan fingerprint density at radius 1 is 1.29 bits per heavy atom. The highest BCUT2D eigenvalue weighted by molar-refractivity contribution is 5.88. The van der Waals surface area contributed by atoms with Crippen molar-refractivity contribution in [3.05, 3.63) is 11.5 Å². The van der Waals surface area contributed by atoms with Crippen molar-refractivity contribution in [1.29, 1.82) is 0 Å². The van der Waals surface area contributed by atoms with E-state index in [1.54, 1.807) is 0 Å². The average Bonchev–Trinajstić information content (AvgIpc) is 2.87. The van der Waals surface area contributed by atoms with Crippen molar-refractivity contribution >= 4 is 22.9 Å². The molecule has 1 fully saturated rings. The number of carboxylic acids is 1. The summed E-state index contributed by atoms with van der Waals surface area (Å²) < 4.78 is 5.25. The van der Waals surface area contributed by atoms with Crippen LogP contribution in [-0.4, -0.2) is 39.3 Å². The highest BCUT2D eigenvalue weighted by Crippen LogP contribution is 2.29. The Morgan fingerprint density at radius 3 is 2.76 bits per heavy atom. The summed E-state index contributed by atoms with van der Waals surface area (Å²) in [6.45, 7) is 3.78. The summed E-state index contributed by atoms with van der Waals surface area (Å²) in [6, 6.07) is 0. The lowest BCUT2D eigenvalue weighted by atomic mass is 10.1. The van der Waals surface area contributed by atoms with Gasteiger partial charge in [0.15, 0.2) is 0 Å². The third-order valence-corrected chi connectivity index (χ3v) is 3.75. The first-order valence-electron chi connectivity index (χ1n) is 7.25. The third kappa shape index (κ3) is 2.81. The zero-order chi connectivity index (χ0) is 14.8. The van der Waals surface area contributed by atoms with E-state index in [1.807, 2.05) is 6.92 Å². The van der Waals surface area contributed by atoms with Crippen LogP contribution in [0.2, 0.25) is 0 Å². The molecule has 3 rings (SSSR count). The maximum Gasteiger partial charge on any atom is 0.303 e. The van der Waals surface area contributed by atoms with Gasteiger partial charge in [0.1, 0.15) is 17.0 Å². The van der Waals surface area contributed by atoms with Gasteiger partial charge in [0.2, 0.25) is 0 Å². The van der Waals surface area contributed by atoms with Crippen LogP contribution in [0.25, 0.3) is 11.1 Å². The largest absolute Gasteiger partial charge is 0.481 e. The van der Waals surface area contributed by atoms with Crippen LogP contribution in [-0.2, 0) is 11.2 Å². The molecule has 1 saturated heterocycles. The molecule has 0 spiro atoms. The number of anilines is 1. The van der Waals surface area contributed by atoms with Crippen molar-refractivity contribution in [3.63, 3.8) is 0 Å². The maximum atomic E-state index is 10.7. The van der Waals surface area contributed by atoms with E-state index in [2.05, 4.69) is 20.0 Å². The molecular formula is C14H18N4O3. The lowest BCUT2D eigenvalue weighted by molar-refractivity contribution is -0.137. The van der Waals surface area contributed by atoms with Crippen LogP contribution >= 0.6 is 0 Å². The van der Waals surface area contributed by atoms with E-state index in [4.69, 9.17) is 9.63 Å². The summed E-state index contributed by atoms with van der Waals surface area (Å²) in [5.74, 6) is 0.479. The number of aromatic nitrogens is 3. The first-order valence-corrected chi connectivity index (χ1v) is 7.25. The molecule has 112 valence electrons. The zero-order valence-electron chi connectivity index (χ0n) is 12.0. The van der Waals surface area contributed by atoms with E-state index in [0.29, 0.717) is 18.0 Å². The van der Waals surface area contributed by atoms with Gasteiger partial charge in [-0.15, -0.1) is 0 Å². The summed E-state index contributed by atoms with van der Waals surface area (Å²) in [6.07, 6.45) is 3.82. The lowest BCUT2D eigenvalue weighted by Crippen LogP contribution is -2.30. The minimum Gasteiger partial charge on any atom is -0.481 e. The predicted octanol–water partition coefficient (Wildman–Crippen LogP) is 1.93. The van der Waals surface area contributed by atoms with Gasteiger partial charge >= 0.3 is 5.97 Å². The van der Waals surface area contributed by atoms with Crippen molar-refractivity contribution in [2.75, 3.05) is 18.0 Å². The summed E-state index contributed by atoms with van der Waals surface area (Å²) in [5, 5.41) is 13.6. The van der Waals surface area contributed by atoms with Gasteiger partial charge in [0, 0.05) is 19.5 Å². The molecule has 0 aliphatic carbocycles. The van der Waals surface area contributed by atoms with Crippen LogP contribution in [0.4, 0.5) is 5.82 Å². The Kier molecular flexibility index (Phi) is 3.72. The van der Waals surface area contributed by atoms with Crippen LogP contribution in [0.15, 0.2) is 4.52 Å². The molecule has 0 radical (unpaired) electrons. The second-order valence-corrected chi connectivity index (χ2v) is 5.35. The van der Waals surface area contributed by atoms with Crippen LogP contribution < -0.4 is 4.90 Å². The van der Waals surface area contributed by atoms with Crippen molar-refractivity contribution in [2.24, 2.45) is 0 Å². The van der Waals surface area contributed by atoms with Gasteiger partial charge in [-0.2, -0.15) is 4.98 Å². The highest BCUT2D eigenvalue weighted by atomic mass is 16.5. The number of carboxylic acid groups (broad SMARTS) is 1. The fourth-order valence-electron chi connectivity index (χ4n) is 2.68. The molecule has 0 bridgehead atoms. The third-order valence-electron chi connectivity index (χ3n) is 3.75. The first-order chi connectivity index (χ1) is 10.1. The van der Waals surface area contributed by atoms with Gasteiger partial charge in [-0.1, -0.05) is 5.16 Å². The van der Waals surface area contributed by atoms with Gasteiger partial charge in [0.05, 0.1) is 12.1 Å². The molecule has 1 aliphatic heterocycles. The number of hydrogen-bond donors (Lipinski definition) is 1. The van der Waals surface area contributed by atoms with Gasteiger partial charge in [0.25, 0.3) is 5.71 Å². The Morgan fingerprint density at radius 2 is 2.05 bits per heavy atom. The van der Waals surface area contributed by atoms with Crippen LogP contribution in [0.1, 0.15) is 37.2 Å². The number of piperidine rings is 1. The number of aliphatic carboxylic acids is 1. The van der Waals surface area contributed by atoms with Crippen molar-refractivity contribution < 1.29 is 14.4 Å². The van der Waals surface area contributed by atoms with E-state index in [-0.39, 0.29) is 6.42 Å². The summed E-state index contributed by atoms with van der Waals surface area (Å²) in [7, 11) is 0. The van der Waals surface area contributed by atoms with Crippen LogP contribution in [0, 0.1) is 6.92 Å². The summed E-state index contributed by atoms with van der Waals surface area (Å²) in [4.78, 5) is 21.8. The van der Waals surface area contributed by atoms with Gasteiger partial charge in [-0.25, -0.2) is 4.98 Å². The van der Waals surface area contributed by atoms with Crippen molar-refractivity contribution in [3.8, 4) is 0 Å². The SMILES string of the molecule is Cc1noc2nc(CCC(=O)O)nc(N3CCCCC3)c12. The van der Waals surface area contributed by atoms with E-state index < -0.39 is 5.97 Å². The van der Waals surface area contributed by atoms with Crippen molar-refractivity contribution in [1.82, 2.24) is 15.1 Å². The Labute approximate surface area is 122 Å². The topological polar surface area (TPSA) is 92.3 Å². The van der Waals surface area contributed by atoms with Gasteiger partial charge in [-0.3, -0.25) is 4.79 Å². The molecule has 0 atom stereocenters. The molecule has 0 unspecified atom stereocenters. The van der Waals surface area contributed by atoms with Crippen LogP contribution in [0.3, 0.4) is 0 Å². The molecule has 1 N–H and O–H groups in total. The monoisotopic (exact) mass is 290 g/mol. The van der Waals surface area contributed by atoms with Gasteiger partial charge in [-0.05, 0) is 26.2 Å². The first kappa shape index (κ1) is 13.8. The Hall–Kier alpha value is -2.18. The second kappa shape index (κ2) is 5.67. The standard InChI is InChI=1S/C14H18N4O3/c1-9-12-13(18-7-3-2-4-8-18)15-10(5-6-11(19)20)16-14(12)21-17-9/h2-8H2,1H3,(H,19,20). The van der Waals surface area contributed by atoms with E-state index >= 15 is 0 Å². The molecule has 0 saturated carbocycles. The summed E-state index contributed by atoms with van der Waals surface area (Å²) in [5.41, 5.74) is 1.22. The molecule has 0 aromatic carbocycles. The quantitative estimate of drug-likeness (QED) is 0.919. The number of rotatable bonds is 4. The zero-order valence-corrected chi connectivity index (χ0v) is 12.0. The number of hydrogen-bond acceptors (Lipinski definition) is 6. The molecule has 1 aliphatic rings. The molecule has 0 amide bonds. The van der Waals surface area contributed by atoms with Gasteiger partial charge < -0.3 is 14.5 Å². The molecule has 2 aromatic rings. The van der Waals surface area contributed by atoms with Crippen LogP contribution in [0.5, 0.6) is 0 Å². The minimum atomic E-state index is -0.855. The van der Waals surface area contributed by atoms with Crippen molar-refractivity contribution in [2.45, 2.75) is 39.0 Å². The Balaban J connectivity index is 2.01. The number of carbonyl (C=O) groups is 1. The molecule has 21 heavy (non-hydrogen) atoms. The average molecular weight is 290 g/mol. The second-order valence-electron chi connectivity index (χ2n) is 5.35. The molecular weight excluding hydrogens is 272 g/mol. The maximum absolute atomic E-state index is 10.7. The fourth-order valence-corrected chi connectivity index (χ4v) is 2.68. The fraction of sp³-hybridized carbons (Fsp3) is 0.571. The predicted molar refractivity (Wildman–Crippen MR) is 76.4 cm³/mol. The smallest absolute Gasteiger partial charge is 0.303 e. The number of fused-ring (bicyclic) bond motifs is 1. The number of nitrogens with zero attached hydrogens (tertiary/aromatic N) is 4. The van der Waals surface area contributed by atoms with E-state index in [1.165, 1.54) is 6.42 Å².